The number of anilines is 1. The second kappa shape index (κ2) is 3.65. The average molecular weight is 205 g/mol. The average Bonchev–Trinajstić information content (AvgIpc) is 2.39. The van der Waals surface area contributed by atoms with Gasteiger partial charge in [-0.05, 0) is 24.3 Å². The smallest absolute Gasteiger partial charge is 0.331 e. The number of aliphatic carboxylic acids is 1. The lowest BCUT2D eigenvalue weighted by Gasteiger charge is -2.05. The minimum atomic E-state index is -0.908. The number of hydrogen-bond acceptors (Lipinski definition) is 3. The minimum Gasteiger partial charge on any atom is -0.493 e. The molecular formula is C11H11NO3. The molecule has 0 fully saturated rings. The number of ether oxygens (including phenoxy) is 1. The number of rotatable bonds is 1. The van der Waals surface area contributed by atoms with Crippen LogP contribution in [0.4, 0.5) is 5.69 Å². The number of hydrogen-bond donors (Lipinski definition) is 2. The molecule has 1 heterocycles. The summed E-state index contributed by atoms with van der Waals surface area (Å²) in [6.45, 7) is 0.384. The molecule has 0 saturated heterocycles. The van der Waals surface area contributed by atoms with Crippen molar-refractivity contribution in [3.63, 3.8) is 0 Å². The normalized spacial score (nSPS) is 14.5. The summed E-state index contributed by atoms with van der Waals surface area (Å²) in [4.78, 5) is 10.8. The summed E-state index contributed by atoms with van der Waals surface area (Å²) in [5.41, 5.74) is 7.29. The van der Waals surface area contributed by atoms with Crippen molar-refractivity contribution in [2.75, 3.05) is 12.3 Å². The van der Waals surface area contributed by atoms with Gasteiger partial charge in [0.1, 0.15) is 5.75 Å². The molecule has 15 heavy (non-hydrogen) atoms. The molecule has 0 radical (unpaired) electrons. The van der Waals surface area contributed by atoms with Crippen molar-refractivity contribution < 1.29 is 14.6 Å². The molecule has 0 amide bonds. The Labute approximate surface area is 87.0 Å². The van der Waals surface area contributed by atoms with Crippen LogP contribution in [0, 0.1) is 0 Å². The van der Waals surface area contributed by atoms with Crippen LogP contribution < -0.4 is 10.5 Å². The molecule has 4 heteroatoms. The SMILES string of the molecule is Nc1ccc2c(c1)C=C(C(=O)O)CCO2. The zero-order chi connectivity index (χ0) is 10.8. The van der Waals surface area contributed by atoms with Gasteiger partial charge < -0.3 is 15.6 Å². The van der Waals surface area contributed by atoms with E-state index in [0.29, 0.717) is 30.0 Å². The molecule has 0 saturated carbocycles. The zero-order valence-corrected chi connectivity index (χ0v) is 8.06. The zero-order valence-electron chi connectivity index (χ0n) is 8.06. The summed E-state index contributed by atoms with van der Waals surface area (Å²) < 4.78 is 5.41. The van der Waals surface area contributed by atoms with Crippen LogP contribution in [0.3, 0.4) is 0 Å². The Balaban J connectivity index is 2.48. The second-order valence-electron chi connectivity index (χ2n) is 3.37. The first-order valence-corrected chi connectivity index (χ1v) is 4.63. The van der Waals surface area contributed by atoms with Crippen LogP contribution >= 0.6 is 0 Å². The van der Waals surface area contributed by atoms with Gasteiger partial charge in [0.15, 0.2) is 0 Å². The molecule has 0 aliphatic carbocycles. The maximum atomic E-state index is 10.8. The fourth-order valence-electron chi connectivity index (χ4n) is 1.51. The number of nitrogens with two attached hydrogens (primary N) is 1. The number of carboxylic acids is 1. The lowest BCUT2D eigenvalue weighted by atomic mass is 10.1. The second-order valence-corrected chi connectivity index (χ2v) is 3.37. The van der Waals surface area contributed by atoms with Crippen LogP contribution in [0.2, 0.25) is 0 Å². The summed E-state index contributed by atoms with van der Waals surface area (Å²) in [5.74, 6) is -0.227. The van der Waals surface area contributed by atoms with Gasteiger partial charge in [0.05, 0.1) is 6.61 Å². The lowest BCUT2D eigenvalue weighted by molar-refractivity contribution is -0.132. The van der Waals surface area contributed by atoms with Crippen molar-refractivity contribution in [1.82, 2.24) is 0 Å². The van der Waals surface area contributed by atoms with E-state index >= 15 is 0 Å². The molecule has 1 aromatic rings. The third-order valence-electron chi connectivity index (χ3n) is 2.27. The third kappa shape index (κ3) is 1.93. The fourth-order valence-corrected chi connectivity index (χ4v) is 1.51. The van der Waals surface area contributed by atoms with Crippen LogP contribution in [0.15, 0.2) is 23.8 Å². The van der Waals surface area contributed by atoms with Gasteiger partial charge in [-0.25, -0.2) is 4.79 Å². The topological polar surface area (TPSA) is 72.6 Å². The lowest BCUT2D eigenvalue weighted by Crippen LogP contribution is -2.03. The maximum Gasteiger partial charge on any atom is 0.331 e. The molecule has 1 aromatic carbocycles. The van der Waals surface area contributed by atoms with Crippen LogP contribution in [0.25, 0.3) is 6.08 Å². The van der Waals surface area contributed by atoms with E-state index in [-0.39, 0.29) is 0 Å². The third-order valence-corrected chi connectivity index (χ3v) is 2.27. The Hall–Kier alpha value is -1.97. The molecule has 3 N–H and O–H groups in total. The van der Waals surface area contributed by atoms with Gasteiger partial charge in [0, 0.05) is 23.2 Å². The van der Waals surface area contributed by atoms with Crippen molar-refractivity contribution in [2.24, 2.45) is 0 Å². The predicted octanol–water partition coefficient (Wildman–Crippen LogP) is 1.52. The van der Waals surface area contributed by atoms with Gasteiger partial charge in [0.2, 0.25) is 0 Å². The van der Waals surface area contributed by atoms with Gasteiger partial charge in [-0.3, -0.25) is 0 Å². The van der Waals surface area contributed by atoms with Crippen LogP contribution in [-0.2, 0) is 4.79 Å². The molecule has 0 aromatic heterocycles. The van der Waals surface area contributed by atoms with Gasteiger partial charge in [-0.2, -0.15) is 0 Å². The molecule has 1 aliphatic heterocycles. The van der Waals surface area contributed by atoms with Crippen molar-refractivity contribution >= 4 is 17.7 Å². The number of benzene rings is 1. The summed E-state index contributed by atoms with van der Waals surface area (Å²) in [7, 11) is 0. The van der Waals surface area contributed by atoms with Gasteiger partial charge in [0.25, 0.3) is 0 Å². The molecule has 0 bridgehead atoms. The van der Waals surface area contributed by atoms with Crippen LogP contribution in [0.1, 0.15) is 12.0 Å². The van der Waals surface area contributed by atoms with E-state index in [1.807, 2.05) is 0 Å². The number of fused-ring (bicyclic) bond motifs is 1. The molecule has 0 unspecified atom stereocenters. The van der Waals surface area contributed by atoms with E-state index in [0.717, 1.165) is 5.56 Å². The summed E-state index contributed by atoms with van der Waals surface area (Å²) in [6, 6.07) is 5.20. The van der Waals surface area contributed by atoms with E-state index in [4.69, 9.17) is 15.6 Å². The Kier molecular flexibility index (Phi) is 2.33. The highest BCUT2D eigenvalue weighted by atomic mass is 16.5. The first-order chi connectivity index (χ1) is 7.16. The Bertz CT molecular complexity index is 437. The molecule has 0 spiro atoms. The first kappa shape index (κ1) is 9.58. The first-order valence-electron chi connectivity index (χ1n) is 4.63. The molecule has 0 atom stereocenters. The Morgan fingerprint density at radius 1 is 1.47 bits per heavy atom. The summed E-state index contributed by atoms with van der Waals surface area (Å²) in [6.07, 6.45) is 2.02. The fraction of sp³-hybridized carbons (Fsp3) is 0.182. The highest BCUT2D eigenvalue weighted by molar-refractivity contribution is 5.93. The molecule has 78 valence electrons. The molecule has 1 aliphatic rings. The number of carbonyl (C=O) groups is 1. The van der Waals surface area contributed by atoms with Crippen molar-refractivity contribution in [3.05, 3.63) is 29.3 Å². The molecule has 4 nitrogen and oxygen atoms in total. The van der Waals surface area contributed by atoms with E-state index in [1.54, 1.807) is 24.3 Å². The quantitative estimate of drug-likeness (QED) is 0.682. The van der Waals surface area contributed by atoms with Crippen molar-refractivity contribution in [1.29, 1.82) is 0 Å². The van der Waals surface area contributed by atoms with Gasteiger partial charge in [-0.15, -0.1) is 0 Å². The van der Waals surface area contributed by atoms with E-state index < -0.39 is 5.97 Å². The summed E-state index contributed by atoms with van der Waals surface area (Å²) in [5, 5.41) is 8.90. The van der Waals surface area contributed by atoms with E-state index in [9.17, 15) is 4.79 Å². The maximum absolute atomic E-state index is 10.8. The van der Waals surface area contributed by atoms with Crippen molar-refractivity contribution in [3.8, 4) is 5.75 Å². The van der Waals surface area contributed by atoms with Gasteiger partial charge in [-0.1, -0.05) is 0 Å². The largest absolute Gasteiger partial charge is 0.493 e. The molecular weight excluding hydrogens is 194 g/mol. The highest BCUT2D eigenvalue weighted by Crippen LogP contribution is 2.27. The molecule has 2 rings (SSSR count). The van der Waals surface area contributed by atoms with Gasteiger partial charge >= 0.3 is 5.97 Å². The monoisotopic (exact) mass is 205 g/mol. The predicted molar refractivity (Wildman–Crippen MR) is 56.6 cm³/mol. The number of nitrogen functional groups attached to an aromatic ring is 1. The Morgan fingerprint density at radius 3 is 3.00 bits per heavy atom. The van der Waals surface area contributed by atoms with Crippen LogP contribution in [0.5, 0.6) is 5.75 Å². The highest BCUT2D eigenvalue weighted by Gasteiger charge is 2.14. The Morgan fingerprint density at radius 2 is 2.27 bits per heavy atom. The number of carboxylic acid groups (broad SMARTS) is 1. The van der Waals surface area contributed by atoms with E-state index in [1.165, 1.54) is 0 Å². The minimum absolute atomic E-state index is 0.347. The van der Waals surface area contributed by atoms with E-state index in [2.05, 4.69) is 0 Å². The standard InChI is InChI=1S/C11H11NO3/c12-9-1-2-10-8(6-9)5-7(11(13)14)3-4-15-10/h1-2,5-6H,3-4,12H2,(H,13,14). The van der Waals surface area contributed by atoms with Crippen LogP contribution in [-0.4, -0.2) is 17.7 Å². The van der Waals surface area contributed by atoms with Crippen molar-refractivity contribution in [2.45, 2.75) is 6.42 Å². The summed E-state index contributed by atoms with van der Waals surface area (Å²) >= 11 is 0.